The number of amides is 2. The largest absolute Gasteiger partial charge is 0.379 e. The first-order valence-corrected chi connectivity index (χ1v) is 18.3. The number of carbonyl (C=O) groups is 2. The zero-order valence-corrected chi connectivity index (χ0v) is 30.5. The van der Waals surface area contributed by atoms with Crippen molar-refractivity contribution < 1.29 is 14.3 Å². The molecule has 2 amide bonds. The summed E-state index contributed by atoms with van der Waals surface area (Å²) in [5, 5.41) is 3.10. The van der Waals surface area contributed by atoms with Gasteiger partial charge < -0.3 is 24.8 Å². The lowest BCUT2D eigenvalue weighted by atomic mass is 9.77. The van der Waals surface area contributed by atoms with E-state index >= 15 is 0 Å². The lowest BCUT2D eigenvalue weighted by Gasteiger charge is -2.42. The fraction of sp³-hybridized carbons (Fsp3) is 0.667. The van der Waals surface area contributed by atoms with Crippen molar-refractivity contribution in [3.8, 4) is 0 Å². The summed E-state index contributed by atoms with van der Waals surface area (Å²) in [4.78, 5) is 49.7. The maximum Gasteiger partial charge on any atom is 0.253 e. The third-order valence-electron chi connectivity index (χ3n) is 11.0. The smallest absolute Gasteiger partial charge is 0.253 e. The number of pyridine rings is 1. The Morgan fingerprint density at radius 1 is 0.958 bits per heavy atom. The molecular weight excluding hydrogens is 602 g/mol. The van der Waals surface area contributed by atoms with Gasteiger partial charge in [-0.2, -0.15) is 0 Å². The molecule has 2 saturated heterocycles. The molecule has 0 bridgehead atoms. The van der Waals surface area contributed by atoms with Crippen LogP contribution in [0, 0.1) is 32.1 Å². The third kappa shape index (κ3) is 8.51. The summed E-state index contributed by atoms with van der Waals surface area (Å²) in [6.45, 7) is 21.4. The molecule has 2 aromatic rings. The van der Waals surface area contributed by atoms with Gasteiger partial charge in [0, 0.05) is 79.8 Å². The molecule has 3 fully saturated rings. The minimum Gasteiger partial charge on any atom is -0.379 e. The van der Waals surface area contributed by atoms with E-state index in [1.807, 2.05) is 45.6 Å². The predicted octanol–water partition coefficient (Wildman–Crippen LogP) is 5.70. The first kappa shape index (κ1) is 36.1. The summed E-state index contributed by atoms with van der Waals surface area (Å²) in [6, 6.07) is 6.74. The van der Waals surface area contributed by atoms with Crippen molar-refractivity contribution in [3.63, 3.8) is 0 Å². The van der Waals surface area contributed by atoms with Crippen molar-refractivity contribution in [3.05, 3.63) is 62.1 Å². The van der Waals surface area contributed by atoms with Crippen LogP contribution in [0.4, 0.5) is 5.69 Å². The number of carbonyl (C=O) groups excluding carboxylic acids is 2. The van der Waals surface area contributed by atoms with E-state index in [-0.39, 0.29) is 29.3 Å². The van der Waals surface area contributed by atoms with Gasteiger partial charge in [0.25, 0.3) is 11.5 Å². The highest BCUT2D eigenvalue weighted by Crippen LogP contribution is 2.40. The van der Waals surface area contributed by atoms with Crippen LogP contribution in [-0.4, -0.2) is 85.1 Å². The number of nitrogens with one attached hydrogen (secondary N) is 2. The van der Waals surface area contributed by atoms with E-state index in [4.69, 9.17) is 4.74 Å². The molecule has 264 valence electrons. The van der Waals surface area contributed by atoms with Gasteiger partial charge in [0.2, 0.25) is 5.91 Å². The molecule has 9 heteroatoms. The average Bonchev–Trinajstić information content (AvgIpc) is 3.05. The van der Waals surface area contributed by atoms with Crippen molar-refractivity contribution >= 4 is 17.5 Å². The molecule has 0 radical (unpaired) electrons. The molecule has 2 N–H and O–H groups in total. The number of hydrogen-bond donors (Lipinski definition) is 2. The van der Waals surface area contributed by atoms with Crippen LogP contribution >= 0.6 is 0 Å². The Hall–Kier alpha value is -3.17. The minimum absolute atomic E-state index is 0.141. The highest BCUT2D eigenvalue weighted by Gasteiger charge is 2.33. The molecule has 3 heterocycles. The van der Waals surface area contributed by atoms with Crippen molar-refractivity contribution in [2.75, 3.05) is 57.4 Å². The maximum absolute atomic E-state index is 14.0. The Labute approximate surface area is 287 Å². The molecule has 1 aromatic heterocycles. The molecule has 3 aliphatic rings. The number of aromatic nitrogens is 1. The van der Waals surface area contributed by atoms with Crippen molar-refractivity contribution in [1.29, 1.82) is 0 Å². The lowest BCUT2D eigenvalue weighted by molar-refractivity contribution is -0.140. The molecule has 9 nitrogen and oxygen atoms in total. The van der Waals surface area contributed by atoms with Gasteiger partial charge >= 0.3 is 0 Å². The monoisotopic (exact) mass is 661 g/mol. The Morgan fingerprint density at radius 2 is 1.62 bits per heavy atom. The van der Waals surface area contributed by atoms with Gasteiger partial charge in [-0.1, -0.05) is 20.8 Å². The molecule has 5 rings (SSSR count). The molecule has 1 aliphatic carbocycles. The summed E-state index contributed by atoms with van der Waals surface area (Å²) in [7, 11) is 0. The number of aromatic amines is 1. The molecule has 1 aromatic carbocycles. The minimum atomic E-state index is -0.381. The zero-order valence-electron chi connectivity index (χ0n) is 30.5. The number of nitrogens with zero attached hydrogens (tertiary/aromatic N) is 3. The molecule has 48 heavy (non-hydrogen) atoms. The third-order valence-corrected chi connectivity index (χ3v) is 11.0. The summed E-state index contributed by atoms with van der Waals surface area (Å²) in [6.07, 6.45) is 6.44. The van der Waals surface area contributed by atoms with Gasteiger partial charge in [-0.3, -0.25) is 19.3 Å². The van der Waals surface area contributed by atoms with Gasteiger partial charge in [-0.05, 0) is 113 Å². The average molecular weight is 662 g/mol. The molecule has 0 unspecified atom stereocenters. The quantitative estimate of drug-likeness (QED) is 0.358. The van der Waals surface area contributed by atoms with Crippen LogP contribution in [0.15, 0.2) is 23.0 Å². The highest BCUT2D eigenvalue weighted by molar-refractivity contribution is 5.97. The number of aryl methyl sites for hydroxylation is 2. The van der Waals surface area contributed by atoms with Gasteiger partial charge in [0.1, 0.15) is 0 Å². The molecule has 1 saturated carbocycles. The molecule has 0 atom stereocenters. The maximum atomic E-state index is 14.0. The number of H-pyrrole nitrogens is 1. The first-order valence-electron chi connectivity index (χ1n) is 18.3. The highest BCUT2D eigenvalue weighted by atomic mass is 16.5. The van der Waals surface area contributed by atoms with E-state index < -0.39 is 0 Å². The first-order chi connectivity index (χ1) is 22.8. The van der Waals surface area contributed by atoms with Crippen LogP contribution in [0.25, 0.3) is 0 Å². The number of ether oxygens (including phenoxy) is 1. The standard InChI is InChI=1S/C39H59N5O4/c1-8-44(32-13-15-43(16-14-32)38(47)39(5,6)7)35-23-31(30-11-9-29(10-12-30)25-42-17-19-48-20-18-42)22-33(28(35)4)36(45)40-24-34-26(2)21-27(3)41-37(34)46/h21-23,29-30,32H,8-20,24-25H2,1-7H3,(H,40,45)(H,41,46). The second kappa shape index (κ2) is 15.6. The fourth-order valence-electron chi connectivity index (χ4n) is 8.16. The molecular formula is C39H59N5O4. The lowest BCUT2D eigenvalue weighted by Crippen LogP contribution is -2.49. The van der Waals surface area contributed by atoms with E-state index in [0.29, 0.717) is 29.0 Å². The van der Waals surface area contributed by atoms with E-state index in [2.05, 4.69) is 46.1 Å². The number of anilines is 1. The summed E-state index contributed by atoms with van der Waals surface area (Å²) >= 11 is 0. The van der Waals surface area contributed by atoms with Crippen LogP contribution in [-0.2, 0) is 16.1 Å². The Bertz CT molecular complexity index is 1490. The van der Waals surface area contributed by atoms with Gasteiger partial charge in [0.15, 0.2) is 0 Å². The number of rotatable bonds is 9. The Morgan fingerprint density at radius 3 is 2.23 bits per heavy atom. The predicted molar refractivity (Wildman–Crippen MR) is 193 cm³/mol. The van der Waals surface area contributed by atoms with Crippen LogP contribution in [0.5, 0.6) is 0 Å². The number of morpholine rings is 1. The van der Waals surface area contributed by atoms with Gasteiger partial charge in [0.05, 0.1) is 13.2 Å². The number of benzene rings is 1. The fourth-order valence-corrected chi connectivity index (χ4v) is 8.16. The summed E-state index contributed by atoms with van der Waals surface area (Å²) in [5.74, 6) is 1.19. The van der Waals surface area contributed by atoms with Crippen molar-refractivity contribution in [2.24, 2.45) is 11.3 Å². The molecule has 2 aliphatic heterocycles. The van der Waals surface area contributed by atoms with Crippen LogP contribution < -0.4 is 15.8 Å². The van der Waals surface area contributed by atoms with Crippen molar-refractivity contribution in [2.45, 2.75) is 105 Å². The number of hydrogen-bond acceptors (Lipinski definition) is 6. The normalized spacial score (nSPS) is 21.3. The number of likely N-dealkylation sites (tertiary alicyclic amines) is 1. The van der Waals surface area contributed by atoms with Gasteiger partial charge in [-0.25, -0.2) is 0 Å². The van der Waals surface area contributed by atoms with Crippen LogP contribution in [0.3, 0.4) is 0 Å². The SMILES string of the molecule is CCN(c1cc(C2CCC(CN3CCOCC3)CC2)cc(C(=O)NCc2c(C)cc(C)[nH]c2=O)c1C)C1CCN(C(=O)C(C)(C)C)CC1. The van der Waals surface area contributed by atoms with E-state index in [9.17, 15) is 14.4 Å². The van der Waals surface area contributed by atoms with E-state index in [0.717, 1.165) is 101 Å². The van der Waals surface area contributed by atoms with Crippen LogP contribution in [0.1, 0.15) is 110 Å². The summed E-state index contributed by atoms with van der Waals surface area (Å²) < 4.78 is 5.56. The van der Waals surface area contributed by atoms with E-state index in [1.165, 1.54) is 18.4 Å². The van der Waals surface area contributed by atoms with Crippen LogP contribution in [0.2, 0.25) is 0 Å². The summed E-state index contributed by atoms with van der Waals surface area (Å²) in [5.41, 5.74) is 5.79. The van der Waals surface area contributed by atoms with Gasteiger partial charge in [-0.15, -0.1) is 0 Å². The molecule has 0 spiro atoms. The van der Waals surface area contributed by atoms with Crippen molar-refractivity contribution in [1.82, 2.24) is 20.1 Å². The Balaban J connectivity index is 1.38. The second-order valence-electron chi connectivity index (χ2n) is 15.5. The van der Waals surface area contributed by atoms with E-state index in [1.54, 1.807) is 0 Å². The topological polar surface area (TPSA) is 98.0 Å². The second-order valence-corrected chi connectivity index (χ2v) is 15.5. The Kier molecular flexibility index (Phi) is 11.7. The number of piperidine rings is 1. The zero-order chi connectivity index (χ0) is 34.6.